The molecule has 8 heteroatoms. The van der Waals surface area contributed by atoms with Gasteiger partial charge in [-0.15, -0.1) is 0 Å². The summed E-state index contributed by atoms with van der Waals surface area (Å²) >= 11 is 0. The van der Waals surface area contributed by atoms with Gasteiger partial charge in [0.25, 0.3) is 10.0 Å². The van der Waals surface area contributed by atoms with E-state index in [4.69, 9.17) is 4.74 Å². The molecule has 0 saturated carbocycles. The maximum Gasteiger partial charge on any atom is 0.264 e. The minimum absolute atomic E-state index is 0.0881. The maximum atomic E-state index is 13.3. The molecule has 0 spiro atoms. The molecule has 1 amide bonds. The van der Waals surface area contributed by atoms with Crippen LogP contribution in [-0.2, 0) is 21.2 Å². The Bertz CT molecular complexity index is 1200. The van der Waals surface area contributed by atoms with Crippen molar-refractivity contribution in [2.24, 2.45) is 0 Å². The highest BCUT2D eigenvalue weighted by molar-refractivity contribution is 7.92. The van der Waals surface area contributed by atoms with Gasteiger partial charge in [-0.05, 0) is 74.7 Å². The number of rotatable bonds is 11. The van der Waals surface area contributed by atoms with E-state index in [-0.39, 0.29) is 4.90 Å². The largest absolute Gasteiger partial charge is 0.494 e. The Kier molecular flexibility index (Phi) is 8.65. The minimum atomic E-state index is -4.08. The maximum absolute atomic E-state index is 13.3. The summed E-state index contributed by atoms with van der Waals surface area (Å²) in [5.74, 6) is -0.138. The molecule has 0 radical (unpaired) electrons. The first-order valence-electron chi connectivity index (χ1n) is 11.1. The third-order valence-corrected chi connectivity index (χ3v) is 7.02. The van der Waals surface area contributed by atoms with E-state index in [1.165, 1.54) is 12.1 Å². The predicted octanol–water partition coefficient (Wildman–Crippen LogP) is 4.48. The normalized spacial score (nSPS) is 11.1. The number of anilines is 1. The molecule has 0 atom stereocenters. The molecule has 3 aromatic rings. The molecule has 3 rings (SSSR count). The molecular formula is C26H29FN2O4S. The third kappa shape index (κ3) is 6.57. The van der Waals surface area contributed by atoms with Crippen molar-refractivity contribution in [3.05, 3.63) is 89.7 Å². The molecule has 0 aliphatic heterocycles. The zero-order valence-corrected chi connectivity index (χ0v) is 20.1. The number of amides is 1. The Morgan fingerprint density at radius 1 is 1.00 bits per heavy atom. The minimum Gasteiger partial charge on any atom is -0.494 e. The lowest BCUT2D eigenvalue weighted by Crippen LogP contribution is -2.41. The van der Waals surface area contributed by atoms with Gasteiger partial charge >= 0.3 is 0 Å². The molecule has 34 heavy (non-hydrogen) atoms. The van der Waals surface area contributed by atoms with Gasteiger partial charge in [-0.25, -0.2) is 12.8 Å². The Balaban J connectivity index is 1.68. The van der Waals surface area contributed by atoms with Gasteiger partial charge in [0.15, 0.2) is 0 Å². The van der Waals surface area contributed by atoms with Crippen LogP contribution in [0, 0.1) is 12.7 Å². The summed E-state index contributed by atoms with van der Waals surface area (Å²) in [4.78, 5) is 12.6. The highest BCUT2D eigenvalue weighted by Gasteiger charge is 2.27. The van der Waals surface area contributed by atoms with Crippen molar-refractivity contribution < 1.29 is 22.3 Å². The van der Waals surface area contributed by atoms with Crippen LogP contribution in [0.25, 0.3) is 0 Å². The van der Waals surface area contributed by atoms with Gasteiger partial charge in [-0.3, -0.25) is 9.10 Å². The second-order valence-electron chi connectivity index (χ2n) is 7.80. The Morgan fingerprint density at radius 2 is 1.68 bits per heavy atom. The summed E-state index contributed by atoms with van der Waals surface area (Å²) in [6.07, 6.45) is 1.39. The smallest absolute Gasteiger partial charge is 0.264 e. The van der Waals surface area contributed by atoms with Crippen LogP contribution in [0.5, 0.6) is 5.75 Å². The van der Waals surface area contributed by atoms with Gasteiger partial charge in [-0.2, -0.15) is 0 Å². The van der Waals surface area contributed by atoms with E-state index in [1.54, 1.807) is 24.3 Å². The summed E-state index contributed by atoms with van der Waals surface area (Å²) in [5, 5.41) is 2.80. The van der Waals surface area contributed by atoms with Crippen molar-refractivity contribution in [3.63, 3.8) is 0 Å². The summed E-state index contributed by atoms with van der Waals surface area (Å²) in [6, 6.07) is 19.2. The number of nitrogens with zero attached hydrogens (tertiary/aromatic N) is 1. The van der Waals surface area contributed by atoms with Crippen molar-refractivity contribution in [2.45, 2.75) is 31.6 Å². The quantitative estimate of drug-likeness (QED) is 0.407. The average Bonchev–Trinajstić information content (AvgIpc) is 2.82. The number of halogens is 1. The van der Waals surface area contributed by atoms with E-state index in [9.17, 15) is 17.6 Å². The SMILES string of the molecule is CCOc1ccccc1CCCNC(=O)CN(c1ccc(C)cc1)S(=O)(=O)c1ccc(F)cc1. The van der Waals surface area contributed by atoms with E-state index in [2.05, 4.69) is 5.32 Å². The van der Waals surface area contributed by atoms with Crippen LogP contribution in [0.3, 0.4) is 0 Å². The number of ether oxygens (including phenoxy) is 1. The second-order valence-corrected chi connectivity index (χ2v) is 9.66. The number of nitrogens with one attached hydrogen (secondary N) is 1. The number of para-hydroxylation sites is 1. The van der Waals surface area contributed by atoms with Crippen LogP contribution in [0.15, 0.2) is 77.7 Å². The number of benzene rings is 3. The molecule has 0 saturated heterocycles. The fourth-order valence-electron chi connectivity index (χ4n) is 3.46. The lowest BCUT2D eigenvalue weighted by Gasteiger charge is -2.24. The number of carbonyl (C=O) groups excluding carboxylic acids is 1. The fraction of sp³-hybridized carbons (Fsp3) is 0.269. The van der Waals surface area contributed by atoms with E-state index in [0.717, 1.165) is 33.3 Å². The number of hydrogen-bond donors (Lipinski definition) is 1. The van der Waals surface area contributed by atoms with Crippen molar-refractivity contribution in [1.82, 2.24) is 5.32 Å². The summed E-state index contributed by atoms with van der Waals surface area (Å²) in [5.41, 5.74) is 2.37. The zero-order chi connectivity index (χ0) is 24.6. The molecule has 3 aromatic carbocycles. The molecule has 180 valence electrons. The fourth-order valence-corrected chi connectivity index (χ4v) is 4.88. The zero-order valence-electron chi connectivity index (χ0n) is 19.3. The summed E-state index contributed by atoms with van der Waals surface area (Å²) in [7, 11) is -4.08. The number of sulfonamides is 1. The molecule has 0 aliphatic rings. The molecule has 1 N–H and O–H groups in total. The van der Waals surface area contributed by atoms with Gasteiger partial charge in [0.2, 0.25) is 5.91 Å². The van der Waals surface area contributed by atoms with E-state index in [0.29, 0.717) is 31.7 Å². The monoisotopic (exact) mass is 484 g/mol. The first-order chi connectivity index (χ1) is 16.3. The van der Waals surface area contributed by atoms with Crippen LogP contribution < -0.4 is 14.4 Å². The lowest BCUT2D eigenvalue weighted by atomic mass is 10.1. The lowest BCUT2D eigenvalue weighted by molar-refractivity contribution is -0.119. The Labute approximate surface area is 200 Å². The second kappa shape index (κ2) is 11.7. The Hall–Kier alpha value is -3.39. The van der Waals surface area contributed by atoms with Crippen molar-refractivity contribution >= 4 is 21.6 Å². The number of hydrogen-bond acceptors (Lipinski definition) is 4. The summed E-state index contributed by atoms with van der Waals surface area (Å²) < 4.78 is 46.6. The average molecular weight is 485 g/mol. The number of aryl methyl sites for hydroxylation is 2. The molecule has 0 unspecified atom stereocenters. The summed E-state index contributed by atoms with van der Waals surface area (Å²) in [6.45, 7) is 4.39. The molecule has 0 heterocycles. The molecule has 0 aromatic heterocycles. The van der Waals surface area contributed by atoms with Crippen LogP contribution in [0.1, 0.15) is 24.5 Å². The van der Waals surface area contributed by atoms with Crippen molar-refractivity contribution in [2.75, 3.05) is 24.0 Å². The molecular weight excluding hydrogens is 455 g/mol. The Morgan fingerprint density at radius 3 is 2.35 bits per heavy atom. The van der Waals surface area contributed by atoms with Crippen molar-refractivity contribution in [3.8, 4) is 5.75 Å². The van der Waals surface area contributed by atoms with E-state index >= 15 is 0 Å². The standard InChI is InChI=1S/C26H29FN2O4S/c1-3-33-25-9-5-4-7-21(25)8-6-18-28-26(30)19-29(23-14-10-20(2)11-15-23)34(31,32)24-16-12-22(27)13-17-24/h4-5,7,9-17H,3,6,8,18-19H2,1-2H3,(H,28,30). The van der Waals surface area contributed by atoms with Gasteiger partial charge in [0, 0.05) is 6.54 Å². The van der Waals surface area contributed by atoms with Gasteiger partial charge < -0.3 is 10.1 Å². The van der Waals surface area contributed by atoms with Crippen LogP contribution >= 0.6 is 0 Å². The van der Waals surface area contributed by atoms with Crippen LogP contribution in [0.4, 0.5) is 10.1 Å². The van der Waals surface area contributed by atoms with E-state index < -0.39 is 28.3 Å². The topological polar surface area (TPSA) is 75.7 Å². The van der Waals surface area contributed by atoms with Crippen LogP contribution in [0.2, 0.25) is 0 Å². The molecule has 0 aliphatic carbocycles. The van der Waals surface area contributed by atoms with E-state index in [1.807, 2.05) is 38.1 Å². The first-order valence-corrected chi connectivity index (χ1v) is 12.6. The van der Waals surface area contributed by atoms with Gasteiger partial charge in [0.1, 0.15) is 18.1 Å². The van der Waals surface area contributed by atoms with Gasteiger partial charge in [-0.1, -0.05) is 35.9 Å². The van der Waals surface area contributed by atoms with Crippen molar-refractivity contribution in [1.29, 1.82) is 0 Å². The molecule has 6 nitrogen and oxygen atoms in total. The third-order valence-electron chi connectivity index (χ3n) is 5.23. The van der Waals surface area contributed by atoms with Gasteiger partial charge in [0.05, 0.1) is 17.2 Å². The predicted molar refractivity (Wildman–Crippen MR) is 131 cm³/mol. The van der Waals surface area contributed by atoms with Crippen LogP contribution in [-0.4, -0.2) is 34.0 Å². The highest BCUT2D eigenvalue weighted by Crippen LogP contribution is 2.24. The molecule has 0 bridgehead atoms. The highest BCUT2D eigenvalue weighted by atomic mass is 32.2. The number of carbonyl (C=O) groups is 1. The first kappa shape index (κ1) is 25.2. The molecule has 0 fully saturated rings.